The van der Waals surface area contributed by atoms with Crippen molar-refractivity contribution >= 4 is 5.91 Å². The quantitative estimate of drug-likeness (QED) is 0.803. The molecule has 2 unspecified atom stereocenters. The molecule has 1 amide bonds. The van der Waals surface area contributed by atoms with Crippen LogP contribution >= 0.6 is 0 Å². The maximum atomic E-state index is 13.0. The molecule has 142 valence electrons. The second-order valence-electron chi connectivity index (χ2n) is 7.89. The second kappa shape index (κ2) is 6.95. The number of hydrogen-bond acceptors (Lipinski definition) is 4. The molecule has 2 atom stereocenters. The van der Waals surface area contributed by atoms with Crippen LogP contribution in [0.1, 0.15) is 48.8 Å². The summed E-state index contributed by atoms with van der Waals surface area (Å²) in [6, 6.07) is 10.1. The molecule has 5 heteroatoms. The van der Waals surface area contributed by atoms with Crippen LogP contribution in [0.25, 0.3) is 0 Å². The average molecular weight is 367 g/mol. The zero-order valence-electron chi connectivity index (χ0n) is 15.4. The first-order valence-electron chi connectivity index (χ1n) is 9.98. The Morgan fingerprint density at radius 1 is 1.11 bits per heavy atom. The van der Waals surface area contributed by atoms with Crippen LogP contribution in [-0.4, -0.2) is 37.1 Å². The molecule has 1 saturated carbocycles. The minimum atomic E-state index is 0.260. The third-order valence-corrected chi connectivity index (χ3v) is 6.07. The van der Waals surface area contributed by atoms with Crippen molar-refractivity contribution in [1.29, 1.82) is 0 Å². The van der Waals surface area contributed by atoms with Crippen LogP contribution in [0.2, 0.25) is 0 Å². The molecule has 3 aliphatic rings. The Hall–Kier alpha value is -2.43. The number of rotatable bonds is 5. The molecule has 3 heterocycles. The van der Waals surface area contributed by atoms with E-state index in [1.165, 1.54) is 18.4 Å². The van der Waals surface area contributed by atoms with Crippen molar-refractivity contribution in [2.24, 2.45) is 5.92 Å². The fourth-order valence-corrected chi connectivity index (χ4v) is 4.41. The Morgan fingerprint density at radius 3 is 2.74 bits per heavy atom. The normalized spacial score (nSPS) is 22.7. The van der Waals surface area contributed by atoms with E-state index in [2.05, 4.69) is 12.1 Å². The molecule has 2 aliphatic heterocycles. The number of benzene rings is 1. The molecule has 0 bridgehead atoms. The van der Waals surface area contributed by atoms with Crippen molar-refractivity contribution in [3.8, 4) is 11.5 Å². The molecular formula is C22H25NO4. The summed E-state index contributed by atoms with van der Waals surface area (Å²) < 4.78 is 16.9. The van der Waals surface area contributed by atoms with E-state index in [9.17, 15) is 4.79 Å². The van der Waals surface area contributed by atoms with Crippen molar-refractivity contribution in [1.82, 2.24) is 4.90 Å². The van der Waals surface area contributed by atoms with Crippen molar-refractivity contribution in [3.63, 3.8) is 0 Å². The second-order valence-corrected chi connectivity index (χ2v) is 7.89. The van der Waals surface area contributed by atoms with Gasteiger partial charge in [0.15, 0.2) is 11.5 Å². The Morgan fingerprint density at radius 2 is 1.96 bits per heavy atom. The highest BCUT2D eigenvalue weighted by atomic mass is 16.6. The summed E-state index contributed by atoms with van der Waals surface area (Å²) in [7, 11) is 0. The van der Waals surface area contributed by atoms with Crippen LogP contribution in [0.15, 0.2) is 41.0 Å². The number of carbonyl (C=O) groups is 1. The fourth-order valence-electron chi connectivity index (χ4n) is 4.41. The summed E-state index contributed by atoms with van der Waals surface area (Å²) in [6.45, 7) is 2.78. The molecule has 2 fully saturated rings. The van der Waals surface area contributed by atoms with Gasteiger partial charge in [-0.25, -0.2) is 0 Å². The number of amides is 1. The van der Waals surface area contributed by atoms with E-state index in [4.69, 9.17) is 13.9 Å². The molecule has 1 aromatic carbocycles. The van der Waals surface area contributed by atoms with Crippen molar-refractivity contribution in [2.45, 2.75) is 37.5 Å². The van der Waals surface area contributed by atoms with E-state index >= 15 is 0 Å². The number of likely N-dealkylation sites (tertiary alicyclic amines) is 1. The smallest absolute Gasteiger partial charge is 0.223 e. The van der Waals surface area contributed by atoms with Gasteiger partial charge in [0.2, 0.25) is 5.91 Å². The highest BCUT2D eigenvalue weighted by molar-refractivity contribution is 5.77. The van der Waals surface area contributed by atoms with Crippen molar-refractivity contribution in [2.75, 3.05) is 26.3 Å². The molecular weight excluding hydrogens is 342 g/mol. The largest absolute Gasteiger partial charge is 0.486 e. The van der Waals surface area contributed by atoms with Gasteiger partial charge in [0.25, 0.3) is 0 Å². The summed E-state index contributed by atoms with van der Waals surface area (Å²) in [5.41, 5.74) is 1.21. The van der Waals surface area contributed by atoms with Gasteiger partial charge in [0.1, 0.15) is 19.0 Å². The van der Waals surface area contributed by atoms with E-state index in [1.807, 2.05) is 23.1 Å². The summed E-state index contributed by atoms with van der Waals surface area (Å²) in [5, 5.41) is 0. The number of nitrogens with zero attached hydrogens (tertiary/aromatic N) is 1. The minimum absolute atomic E-state index is 0.260. The monoisotopic (exact) mass is 367 g/mol. The molecule has 1 saturated heterocycles. The van der Waals surface area contributed by atoms with Gasteiger partial charge in [-0.15, -0.1) is 0 Å². The lowest BCUT2D eigenvalue weighted by atomic mass is 9.90. The molecule has 5 nitrogen and oxygen atoms in total. The van der Waals surface area contributed by atoms with Crippen molar-refractivity contribution < 1.29 is 18.7 Å². The topological polar surface area (TPSA) is 51.9 Å². The van der Waals surface area contributed by atoms with Crippen LogP contribution in [0.5, 0.6) is 11.5 Å². The lowest BCUT2D eigenvalue weighted by Gasteiger charge is -2.24. The highest BCUT2D eigenvalue weighted by Crippen LogP contribution is 2.46. The maximum Gasteiger partial charge on any atom is 0.223 e. The molecule has 5 rings (SSSR count). The van der Waals surface area contributed by atoms with Crippen LogP contribution in [-0.2, 0) is 4.79 Å². The summed E-state index contributed by atoms with van der Waals surface area (Å²) >= 11 is 0. The number of furan rings is 1. The van der Waals surface area contributed by atoms with Gasteiger partial charge in [-0.05, 0) is 60.9 Å². The Labute approximate surface area is 159 Å². The molecule has 0 N–H and O–H groups in total. The van der Waals surface area contributed by atoms with Gasteiger partial charge >= 0.3 is 0 Å². The first kappa shape index (κ1) is 16.7. The molecule has 27 heavy (non-hydrogen) atoms. The van der Waals surface area contributed by atoms with Gasteiger partial charge in [-0.1, -0.05) is 6.07 Å². The van der Waals surface area contributed by atoms with E-state index < -0.39 is 0 Å². The molecule has 1 aromatic heterocycles. The van der Waals surface area contributed by atoms with E-state index in [-0.39, 0.29) is 11.8 Å². The minimum Gasteiger partial charge on any atom is -0.486 e. The van der Waals surface area contributed by atoms with Crippen LogP contribution in [0.4, 0.5) is 0 Å². The Kier molecular flexibility index (Phi) is 4.30. The fraction of sp³-hybridized carbons (Fsp3) is 0.500. The highest BCUT2D eigenvalue weighted by Gasteiger charge is 2.37. The molecule has 1 aliphatic carbocycles. The van der Waals surface area contributed by atoms with Crippen LogP contribution < -0.4 is 9.47 Å². The molecule has 0 spiro atoms. The number of carbonyl (C=O) groups excluding carboxylic acids is 1. The summed E-state index contributed by atoms with van der Waals surface area (Å²) in [4.78, 5) is 15.0. The predicted molar refractivity (Wildman–Crippen MR) is 100 cm³/mol. The zero-order valence-corrected chi connectivity index (χ0v) is 15.4. The first-order chi connectivity index (χ1) is 13.3. The Bertz CT molecular complexity index is 812. The van der Waals surface area contributed by atoms with Crippen LogP contribution in [0, 0.1) is 5.92 Å². The van der Waals surface area contributed by atoms with Gasteiger partial charge in [-0.3, -0.25) is 4.79 Å². The standard InChI is InChI=1S/C22H25NO4/c24-22(23-8-7-17(14-23)19-2-1-9-25-19)13-18(15-3-4-15)16-5-6-20-21(12-16)27-11-10-26-20/h1-2,5-6,9,12,15,17-18H,3-4,7-8,10-11,13-14H2. The summed E-state index contributed by atoms with van der Waals surface area (Å²) in [5.74, 6) is 4.10. The SMILES string of the molecule is O=C(CC(c1ccc2c(c1)OCCO2)C1CC1)N1CCC(c2ccco2)C1. The number of fused-ring (bicyclic) bond motifs is 1. The van der Waals surface area contributed by atoms with E-state index in [0.717, 1.165) is 36.8 Å². The third kappa shape index (κ3) is 3.43. The van der Waals surface area contributed by atoms with Gasteiger partial charge in [0, 0.05) is 25.4 Å². The Balaban J connectivity index is 1.28. The average Bonchev–Trinajstić information content (AvgIpc) is 3.19. The predicted octanol–water partition coefficient (Wildman–Crippen LogP) is 3.95. The summed E-state index contributed by atoms with van der Waals surface area (Å²) in [6.07, 6.45) is 5.69. The van der Waals surface area contributed by atoms with Crippen LogP contribution in [0.3, 0.4) is 0 Å². The lowest BCUT2D eigenvalue weighted by Crippen LogP contribution is -2.30. The third-order valence-electron chi connectivity index (χ3n) is 6.07. The first-order valence-corrected chi connectivity index (χ1v) is 9.98. The van der Waals surface area contributed by atoms with E-state index in [0.29, 0.717) is 31.5 Å². The number of ether oxygens (including phenoxy) is 2. The number of hydrogen-bond donors (Lipinski definition) is 0. The van der Waals surface area contributed by atoms with Gasteiger partial charge < -0.3 is 18.8 Å². The molecule has 2 aromatic rings. The van der Waals surface area contributed by atoms with E-state index in [1.54, 1.807) is 6.26 Å². The lowest BCUT2D eigenvalue weighted by molar-refractivity contribution is -0.130. The van der Waals surface area contributed by atoms with Gasteiger partial charge in [-0.2, -0.15) is 0 Å². The molecule has 0 radical (unpaired) electrons. The zero-order chi connectivity index (χ0) is 18.2. The maximum absolute atomic E-state index is 13.0. The van der Waals surface area contributed by atoms with Crippen molar-refractivity contribution in [3.05, 3.63) is 47.9 Å². The van der Waals surface area contributed by atoms with Gasteiger partial charge in [0.05, 0.1) is 6.26 Å².